The van der Waals surface area contributed by atoms with Crippen molar-refractivity contribution < 1.29 is 34.5 Å². The molecule has 132 valence electrons. The van der Waals surface area contributed by atoms with Crippen LogP contribution in [0.15, 0.2) is 30.3 Å². The third-order valence-corrected chi connectivity index (χ3v) is 3.99. The number of hydrogen-bond donors (Lipinski definition) is 4. The van der Waals surface area contributed by atoms with Gasteiger partial charge in [-0.05, 0) is 18.2 Å². The van der Waals surface area contributed by atoms with Gasteiger partial charge in [-0.3, -0.25) is 19.2 Å². The summed E-state index contributed by atoms with van der Waals surface area (Å²) in [6, 6.07) is 6.22. The largest absolute Gasteiger partial charge is 0.507 e. The number of fused-ring (bicyclic) bond motifs is 2. The van der Waals surface area contributed by atoms with Crippen molar-refractivity contribution in [1.29, 1.82) is 0 Å². The fourth-order valence-corrected chi connectivity index (χ4v) is 2.80. The van der Waals surface area contributed by atoms with Crippen molar-refractivity contribution in [2.24, 2.45) is 0 Å². The molecular weight excluding hydrogens is 342 g/mol. The first-order valence-corrected chi connectivity index (χ1v) is 7.59. The highest BCUT2D eigenvalue weighted by molar-refractivity contribution is 6.30. The number of phenols is 2. The Labute approximate surface area is 146 Å². The Bertz CT molecular complexity index is 978. The Hall–Kier alpha value is -3.68. The number of aromatic hydroxyl groups is 2. The molecule has 0 aromatic heterocycles. The van der Waals surface area contributed by atoms with Gasteiger partial charge >= 0.3 is 5.97 Å². The number of rotatable bonds is 4. The van der Waals surface area contributed by atoms with Crippen LogP contribution in [0.4, 0.5) is 0 Å². The number of ketones is 2. The maximum atomic E-state index is 12.7. The number of phenolic OH excluding ortho intramolecular Hbond substituents is 2. The first-order chi connectivity index (χ1) is 12.3. The van der Waals surface area contributed by atoms with Crippen LogP contribution in [0, 0.1) is 0 Å². The molecule has 0 bridgehead atoms. The number of benzene rings is 2. The molecule has 1 aliphatic carbocycles. The third kappa shape index (κ3) is 2.77. The first-order valence-electron chi connectivity index (χ1n) is 7.59. The lowest BCUT2D eigenvalue weighted by atomic mass is 9.82. The highest BCUT2D eigenvalue weighted by Gasteiger charge is 2.34. The van der Waals surface area contributed by atoms with Crippen molar-refractivity contribution in [3.05, 3.63) is 58.1 Å². The van der Waals surface area contributed by atoms with Gasteiger partial charge in [-0.1, -0.05) is 12.1 Å². The maximum Gasteiger partial charge on any atom is 0.305 e. The molecule has 1 amide bonds. The van der Waals surface area contributed by atoms with Crippen molar-refractivity contribution in [2.75, 3.05) is 6.54 Å². The maximum absolute atomic E-state index is 12.7. The summed E-state index contributed by atoms with van der Waals surface area (Å²) in [4.78, 5) is 47.8. The van der Waals surface area contributed by atoms with E-state index in [9.17, 15) is 29.4 Å². The average molecular weight is 355 g/mol. The van der Waals surface area contributed by atoms with E-state index in [0.29, 0.717) is 0 Å². The molecule has 0 atom stereocenters. The van der Waals surface area contributed by atoms with Crippen LogP contribution < -0.4 is 5.32 Å². The molecule has 1 aliphatic rings. The summed E-state index contributed by atoms with van der Waals surface area (Å²) < 4.78 is 0. The Morgan fingerprint density at radius 1 is 0.923 bits per heavy atom. The summed E-state index contributed by atoms with van der Waals surface area (Å²) >= 11 is 0. The standard InChI is InChI=1S/C18H13NO7/c20-11-3-1-2-9-14(11)17(25)15-10(16(9)24)6-8(7-12(15)21)18(26)19-5-4-13(22)23/h1-3,6-7,20-21H,4-5H2,(H,19,26)(H,22,23). The van der Waals surface area contributed by atoms with Crippen LogP contribution in [-0.4, -0.2) is 45.3 Å². The lowest BCUT2D eigenvalue weighted by Crippen LogP contribution is -2.27. The van der Waals surface area contributed by atoms with Crippen LogP contribution in [0.5, 0.6) is 11.5 Å². The lowest BCUT2D eigenvalue weighted by Gasteiger charge is -2.20. The predicted octanol–water partition coefficient (Wildman–Crippen LogP) is 1.08. The minimum Gasteiger partial charge on any atom is -0.507 e. The minimum absolute atomic E-state index is 0.0228. The number of carboxylic acid groups (broad SMARTS) is 1. The fraction of sp³-hybridized carbons (Fsp3) is 0.111. The molecule has 8 nitrogen and oxygen atoms in total. The number of carboxylic acids is 1. The molecule has 0 unspecified atom stereocenters. The summed E-state index contributed by atoms with van der Waals surface area (Å²) in [6.45, 7) is -0.129. The predicted molar refractivity (Wildman–Crippen MR) is 87.7 cm³/mol. The molecule has 4 N–H and O–H groups in total. The second-order valence-electron chi connectivity index (χ2n) is 5.68. The number of carbonyl (C=O) groups excluding carboxylic acids is 3. The molecule has 8 heteroatoms. The molecule has 0 spiro atoms. The summed E-state index contributed by atoms with van der Waals surface area (Å²) in [5.41, 5.74) is -0.747. The molecule has 0 saturated carbocycles. The highest BCUT2D eigenvalue weighted by Crippen LogP contribution is 2.37. The number of hydrogen-bond acceptors (Lipinski definition) is 6. The van der Waals surface area contributed by atoms with E-state index in [1.54, 1.807) is 0 Å². The van der Waals surface area contributed by atoms with Gasteiger partial charge in [0.2, 0.25) is 5.78 Å². The molecule has 26 heavy (non-hydrogen) atoms. The summed E-state index contributed by atoms with van der Waals surface area (Å²) in [5.74, 6) is -4.05. The van der Waals surface area contributed by atoms with Gasteiger partial charge in [-0.15, -0.1) is 0 Å². The molecule has 0 heterocycles. The van der Waals surface area contributed by atoms with Crippen LogP contribution in [0.25, 0.3) is 0 Å². The summed E-state index contributed by atoms with van der Waals surface area (Å²) in [7, 11) is 0. The van der Waals surface area contributed by atoms with Crippen molar-refractivity contribution in [3.63, 3.8) is 0 Å². The number of aliphatic carboxylic acids is 1. The molecule has 2 aromatic carbocycles. The van der Waals surface area contributed by atoms with Crippen LogP contribution in [0.2, 0.25) is 0 Å². The van der Waals surface area contributed by atoms with E-state index in [4.69, 9.17) is 5.11 Å². The summed E-state index contributed by atoms with van der Waals surface area (Å²) in [5, 5.41) is 31.0. The molecule has 2 aromatic rings. The minimum atomic E-state index is -1.09. The zero-order valence-electron chi connectivity index (χ0n) is 13.3. The van der Waals surface area contributed by atoms with Gasteiger partial charge in [0, 0.05) is 23.2 Å². The normalized spacial score (nSPS) is 12.3. The molecule has 0 saturated heterocycles. The number of carbonyl (C=O) groups is 4. The van der Waals surface area contributed by atoms with Crippen LogP contribution >= 0.6 is 0 Å². The van der Waals surface area contributed by atoms with Crippen molar-refractivity contribution in [1.82, 2.24) is 5.32 Å². The molecule has 0 aliphatic heterocycles. The van der Waals surface area contributed by atoms with E-state index in [0.717, 1.165) is 6.07 Å². The lowest BCUT2D eigenvalue weighted by molar-refractivity contribution is -0.136. The van der Waals surface area contributed by atoms with Gasteiger partial charge in [0.1, 0.15) is 11.5 Å². The van der Waals surface area contributed by atoms with E-state index in [1.807, 2.05) is 0 Å². The fourth-order valence-electron chi connectivity index (χ4n) is 2.80. The van der Waals surface area contributed by atoms with Gasteiger partial charge in [0.05, 0.1) is 17.5 Å². The van der Waals surface area contributed by atoms with Gasteiger partial charge in [0.15, 0.2) is 5.78 Å². The quantitative estimate of drug-likeness (QED) is 0.549. The average Bonchev–Trinajstić information content (AvgIpc) is 2.58. The topological polar surface area (TPSA) is 141 Å². The first kappa shape index (κ1) is 17.2. The summed E-state index contributed by atoms with van der Waals surface area (Å²) in [6.07, 6.45) is -0.285. The Morgan fingerprint density at radius 3 is 2.31 bits per heavy atom. The van der Waals surface area contributed by atoms with Gasteiger partial charge in [0.25, 0.3) is 5.91 Å². The smallest absolute Gasteiger partial charge is 0.305 e. The van der Waals surface area contributed by atoms with E-state index in [-0.39, 0.29) is 46.5 Å². The Balaban J connectivity index is 2.02. The van der Waals surface area contributed by atoms with E-state index >= 15 is 0 Å². The zero-order chi connectivity index (χ0) is 19.0. The van der Waals surface area contributed by atoms with Crippen molar-refractivity contribution in [2.45, 2.75) is 6.42 Å². The third-order valence-electron chi connectivity index (χ3n) is 3.99. The number of amides is 1. The monoisotopic (exact) mass is 355 g/mol. The molecule has 0 radical (unpaired) electrons. The second-order valence-corrected chi connectivity index (χ2v) is 5.68. The zero-order valence-corrected chi connectivity index (χ0v) is 13.3. The van der Waals surface area contributed by atoms with Gasteiger partial charge < -0.3 is 20.6 Å². The van der Waals surface area contributed by atoms with Gasteiger partial charge in [-0.2, -0.15) is 0 Å². The number of nitrogens with one attached hydrogen (secondary N) is 1. The van der Waals surface area contributed by atoms with E-state index < -0.39 is 29.2 Å². The second kappa shape index (κ2) is 6.32. The van der Waals surface area contributed by atoms with Crippen LogP contribution in [0.3, 0.4) is 0 Å². The highest BCUT2D eigenvalue weighted by atomic mass is 16.4. The van der Waals surface area contributed by atoms with Crippen LogP contribution in [-0.2, 0) is 4.79 Å². The van der Waals surface area contributed by atoms with Crippen molar-refractivity contribution >= 4 is 23.4 Å². The SMILES string of the molecule is O=C(O)CCNC(=O)c1cc(O)c2c(c1)C(=O)c1cccc(O)c1C2=O. The van der Waals surface area contributed by atoms with Crippen LogP contribution in [0.1, 0.15) is 48.6 Å². The molecular formula is C18H13NO7. The van der Waals surface area contributed by atoms with E-state index in [1.165, 1.54) is 24.3 Å². The Kier molecular flexibility index (Phi) is 4.17. The van der Waals surface area contributed by atoms with E-state index in [2.05, 4.69) is 5.32 Å². The van der Waals surface area contributed by atoms with Crippen molar-refractivity contribution in [3.8, 4) is 11.5 Å². The molecule has 0 fully saturated rings. The van der Waals surface area contributed by atoms with Gasteiger partial charge in [-0.25, -0.2) is 0 Å². The Morgan fingerprint density at radius 2 is 1.62 bits per heavy atom. The molecule has 3 rings (SSSR count).